The van der Waals surface area contributed by atoms with Crippen molar-refractivity contribution in [2.45, 2.75) is 50.0 Å². The van der Waals surface area contributed by atoms with Crippen LogP contribution < -0.4 is 4.74 Å². The van der Waals surface area contributed by atoms with Crippen LogP contribution in [0.1, 0.15) is 44.1 Å². The maximum Gasteiger partial charge on any atom is 0.314 e. The lowest BCUT2D eigenvalue weighted by Crippen LogP contribution is -2.39. The Hall–Kier alpha value is -1.55. The number of carbonyl (C=O) groups is 1. The van der Waals surface area contributed by atoms with E-state index in [0.717, 1.165) is 50.1 Å². The number of hydrogen-bond acceptors (Lipinski definition) is 3. The van der Waals surface area contributed by atoms with Gasteiger partial charge in [0.15, 0.2) is 0 Å². The van der Waals surface area contributed by atoms with Crippen LogP contribution in [0.15, 0.2) is 24.3 Å². The first-order chi connectivity index (χ1) is 10.6. The number of carboxylic acids is 1. The molecule has 0 bridgehead atoms. The molecule has 120 valence electrons. The van der Waals surface area contributed by atoms with Gasteiger partial charge in [0.25, 0.3) is 0 Å². The van der Waals surface area contributed by atoms with Crippen molar-refractivity contribution in [1.82, 2.24) is 4.90 Å². The van der Waals surface area contributed by atoms with Crippen LogP contribution in [0.4, 0.5) is 0 Å². The quantitative estimate of drug-likeness (QED) is 0.929. The summed E-state index contributed by atoms with van der Waals surface area (Å²) in [7, 11) is 2.11. The topological polar surface area (TPSA) is 49.8 Å². The largest absolute Gasteiger partial charge is 0.489 e. The Morgan fingerprint density at radius 1 is 1.27 bits per heavy atom. The number of nitrogens with zero attached hydrogens (tertiary/aromatic N) is 1. The van der Waals surface area contributed by atoms with Crippen molar-refractivity contribution < 1.29 is 14.6 Å². The number of likely N-dealkylation sites (N-methyl/N-ethyl adjacent to an activating group) is 1. The predicted octanol–water partition coefficient (Wildman–Crippen LogP) is 3.06. The third-order valence-corrected chi connectivity index (χ3v) is 5.14. The molecule has 3 rings (SSSR count). The van der Waals surface area contributed by atoms with E-state index < -0.39 is 11.4 Å². The molecule has 1 unspecified atom stereocenters. The molecule has 1 N–H and O–H groups in total. The summed E-state index contributed by atoms with van der Waals surface area (Å²) >= 11 is 0. The van der Waals surface area contributed by atoms with Gasteiger partial charge in [-0.25, -0.2) is 0 Å². The molecule has 1 saturated heterocycles. The van der Waals surface area contributed by atoms with Crippen molar-refractivity contribution >= 4 is 5.97 Å². The molecular weight excluding hydrogens is 278 g/mol. The third-order valence-electron chi connectivity index (χ3n) is 5.14. The summed E-state index contributed by atoms with van der Waals surface area (Å²) in [5.74, 6) is 0.0638. The lowest BCUT2D eigenvalue weighted by Gasteiger charge is -2.32. The van der Waals surface area contributed by atoms with E-state index in [4.69, 9.17) is 4.74 Å². The highest BCUT2D eigenvalue weighted by Crippen LogP contribution is 2.45. The maximum atomic E-state index is 12.0. The van der Waals surface area contributed by atoms with Crippen LogP contribution in [0.3, 0.4) is 0 Å². The van der Waals surface area contributed by atoms with Gasteiger partial charge in [-0.15, -0.1) is 0 Å². The van der Waals surface area contributed by atoms with Crippen LogP contribution in [-0.4, -0.2) is 42.2 Å². The minimum absolute atomic E-state index is 0.159. The molecule has 0 aromatic heterocycles. The van der Waals surface area contributed by atoms with Gasteiger partial charge in [0.05, 0.1) is 5.41 Å². The molecular formula is C18H25NO3. The Kier molecular flexibility index (Phi) is 4.39. The van der Waals surface area contributed by atoms with Crippen molar-refractivity contribution in [3.8, 4) is 5.75 Å². The molecule has 1 heterocycles. The fraction of sp³-hybridized carbons (Fsp3) is 0.611. The first-order valence-electron chi connectivity index (χ1n) is 8.30. The number of para-hydroxylation sites is 1. The van der Waals surface area contributed by atoms with Gasteiger partial charge >= 0.3 is 5.97 Å². The number of ether oxygens (including phenoxy) is 1. The van der Waals surface area contributed by atoms with Crippen molar-refractivity contribution in [3.63, 3.8) is 0 Å². The summed E-state index contributed by atoms with van der Waals surface area (Å²) in [4.78, 5) is 14.2. The highest BCUT2D eigenvalue weighted by atomic mass is 16.5. The van der Waals surface area contributed by atoms with E-state index in [1.165, 1.54) is 0 Å². The molecule has 0 amide bonds. The van der Waals surface area contributed by atoms with Crippen LogP contribution in [0.25, 0.3) is 0 Å². The lowest BCUT2D eigenvalue weighted by molar-refractivity contribution is -0.143. The molecule has 1 aliphatic carbocycles. The Labute approximate surface area is 132 Å². The summed E-state index contributed by atoms with van der Waals surface area (Å²) in [5, 5.41) is 9.83. The van der Waals surface area contributed by atoms with E-state index in [0.29, 0.717) is 12.8 Å². The average Bonchev–Trinajstić information content (AvgIpc) is 2.99. The van der Waals surface area contributed by atoms with Crippen LogP contribution in [0.2, 0.25) is 0 Å². The second-order valence-electron chi connectivity index (χ2n) is 6.73. The minimum Gasteiger partial charge on any atom is -0.489 e. The number of aliphatic carboxylic acids is 1. The lowest BCUT2D eigenvalue weighted by atomic mass is 9.78. The maximum absolute atomic E-state index is 12.0. The van der Waals surface area contributed by atoms with E-state index in [2.05, 4.69) is 11.9 Å². The predicted molar refractivity (Wildman–Crippen MR) is 85.4 cm³/mol. The molecule has 4 nitrogen and oxygen atoms in total. The second-order valence-corrected chi connectivity index (χ2v) is 6.73. The van der Waals surface area contributed by atoms with E-state index >= 15 is 0 Å². The van der Waals surface area contributed by atoms with Gasteiger partial charge < -0.3 is 14.7 Å². The zero-order valence-corrected chi connectivity index (χ0v) is 13.3. The van der Waals surface area contributed by atoms with Gasteiger partial charge in [0, 0.05) is 12.1 Å². The smallest absolute Gasteiger partial charge is 0.314 e. The summed E-state index contributed by atoms with van der Waals surface area (Å²) < 4.78 is 6.24. The third kappa shape index (κ3) is 2.84. The first-order valence-corrected chi connectivity index (χ1v) is 8.30. The fourth-order valence-corrected chi connectivity index (χ4v) is 3.94. The number of carboxylic acid groups (broad SMARTS) is 1. The molecule has 2 aliphatic rings. The molecule has 1 saturated carbocycles. The van der Waals surface area contributed by atoms with Gasteiger partial charge in [-0.1, -0.05) is 31.0 Å². The summed E-state index contributed by atoms with van der Waals surface area (Å²) in [6.45, 7) is 2.02. The average molecular weight is 303 g/mol. The summed E-state index contributed by atoms with van der Waals surface area (Å²) in [6.07, 6.45) is 5.72. The Bertz CT molecular complexity index is 537. The fourth-order valence-electron chi connectivity index (χ4n) is 3.94. The zero-order valence-electron chi connectivity index (χ0n) is 13.3. The summed E-state index contributed by atoms with van der Waals surface area (Å²) in [6, 6.07) is 7.75. The van der Waals surface area contributed by atoms with Crippen LogP contribution in [-0.2, 0) is 10.2 Å². The molecule has 1 aromatic carbocycles. The summed E-state index contributed by atoms with van der Waals surface area (Å²) in [5.41, 5.74) is 0.116. The van der Waals surface area contributed by atoms with Crippen LogP contribution >= 0.6 is 0 Å². The Morgan fingerprint density at radius 3 is 2.68 bits per heavy atom. The molecule has 4 heteroatoms. The van der Waals surface area contributed by atoms with Crippen molar-refractivity contribution in [1.29, 1.82) is 0 Å². The van der Waals surface area contributed by atoms with Gasteiger partial charge in [-0.2, -0.15) is 0 Å². The van der Waals surface area contributed by atoms with Crippen molar-refractivity contribution in [2.24, 2.45) is 0 Å². The Balaban J connectivity index is 1.88. The molecule has 1 aromatic rings. The van der Waals surface area contributed by atoms with Gasteiger partial charge in [-0.3, -0.25) is 4.79 Å². The van der Waals surface area contributed by atoms with Crippen LogP contribution in [0, 0.1) is 0 Å². The normalized spacial score (nSPS) is 25.0. The second kappa shape index (κ2) is 6.29. The van der Waals surface area contributed by atoms with E-state index in [9.17, 15) is 9.90 Å². The molecule has 0 spiro atoms. The minimum atomic E-state index is -0.753. The first kappa shape index (κ1) is 15.3. The molecule has 22 heavy (non-hydrogen) atoms. The number of benzene rings is 1. The SMILES string of the molecule is CN1CCCC(Oc2ccccc2C2(C(=O)O)CCCC2)C1. The van der Waals surface area contributed by atoms with E-state index in [1.807, 2.05) is 24.3 Å². The molecule has 0 radical (unpaired) electrons. The van der Waals surface area contributed by atoms with E-state index in [1.54, 1.807) is 0 Å². The van der Waals surface area contributed by atoms with Crippen molar-refractivity contribution in [2.75, 3.05) is 20.1 Å². The molecule has 2 fully saturated rings. The van der Waals surface area contributed by atoms with Gasteiger partial charge in [-0.05, 0) is 45.3 Å². The number of hydrogen-bond donors (Lipinski definition) is 1. The monoisotopic (exact) mass is 303 g/mol. The Morgan fingerprint density at radius 2 is 2.00 bits per heavy atom. The standard InChI is InChI=1S/C18H25NO3/c1-19-12-6-7-14(13-19)22-16-9-3-2-8-15(16)18(17(20)21)10-4-5-11-18/h2-3,8-9,14H,4-7,10-13H2,1H3,(H,20,21). The van der Waals surface area contributed by atoms with Crippen molar-refractivity contribution in [3.05, 3.63) is 29.8 Å². The number of likely N-dealkylation sites (tertiary alicyclic amines) is 1. The van der Waals surface area contributed by atoms with E-state index in [-0.39, 0.29) is 6.10 Å². The number of piperidine rings is 1. The highest BCUT2D eigenvalue weighted by molar-refractivity contribution is 5.83. The molecule has 1 atom stereocenters. The van der Waals surface area contributed by atoms with Gasteiger partial charge in [0.1, 0.15) is 11.9 Å². The molecule has 1 aliphatic heterocycles. The number of rotatable bonds is 4. The zero-order chi connectivity index (χ0) is 15.6. The highest BCUT2D eigenvalue weighted by Gasteiger charge is 2.44. The van der Waals surface area contributed by atoms with Crippen LogP contribution in [0.5, 0.6) is 5.75 Å². The van der Waals surface area contributed by atoms with Gasteiger partial charge in [0.2, 0.25) is 0 Å².